The van der Waals surface area contributed by atoms with Gasteiger partial charge in [0.1, 0.15) is 0 Å². The van der Waals surface area contributed by atoms with Crippen molar-refractivity contribution in [2.75, 3.05) is 5.32 Å². The second-order valence-electron chi connectivity index (χ2n) is 4.01. The van der Waals surface area contributed by atoms with E-state index in [1.54, 1.807) is 6.20 Å². The average Bonchev–Trinajstić information content (AvgIpc) is 2.39. The van der Waals surface area contributed by atoms with Gasteiger partial charge in [0.2, 0.25) is 5.91 Å². The van der Waals surface area contributed by atoms with E-state index in [1.807, 2.05) is 49.4 Å². The summed E-state index contributed by atoms with van der Waals surface area (Å²) in [6.45, 7) is 2.04. The molecule has 92 valence electrons. The molecule has 3 nitrogen and oxygen atoms in total. The maximum atomic E-state index is 11.7. The summed E-state index contributed by atoms with van der Waals surface area (Å²) < 4.78 is 0. The maximum absolute atomic E-state index is 11.7. The molecule has 0 aliphatic carbocycles. The van der Waals surface area contributed by atoms with Crippen molar-refractivity contribution >= 4 is 22.5 Å². The van der Waals surface area contributed by atoms with Crippen LogP contribution in [0.4, 0.5) is 5.69 Å². The number of anilines is 1. The molecule has 0 saturated carbocycles. The first kappa shape index (κ1) is 12.3. The minimum Gasteiger partial charge on any atom is -0.324 e. The van der Waals surface area contributed by atoms with E-state index in [1.165, 1.54) is 0 Å². The van der Waals surface area contributed by atoms with Gasteiger partial charge >= 0.3 is 0 Å². The number of benzene rings is 1. The Morgan fingerprint density at radius 1 is 1.28 bits per heavy atom. The van der Waals surface area contributed by atoms with Gasteiger partial charge in [-0.1, -0.05) is 37.3 Å². The molecule has 0 atom stereocenters. The highest BCUT2D eigenvalue weighted by atomic mass is 16.1. The van der Waals surface area contributed by atoms with Crippen LogP contribution >= 0.6 is 0 Å². The van der Waals surface area contributed by atoms with E-state index < -0.39 is 0 Å². The fourth-order valence-corrected chi connectivity index (χ4v) is 1.76. The van der Waals surface area contributed by atoms with Gasteiger partial charge in [0.15, 0.2) is 0 Å². The third-order valence-electron chi connectivity index (χ3n) is 2.61. The highest BCUT2D eigenvalue weighted by Gasteiger charge is 2.04. The maximum Gasteiger partial charge on any atom is 0.228 e. The number of nitrogens with zero attached hydrogens (tertiary/aromatic N) is 1. The van der Waals surface area contributed by atoms with Crippen LogP contribution in [-0.4, -0.2) is 10.9 Å². The Bertz CT molecular complexity index is 570. The van der Waals surface area contributed by atoms with Crippen LogP contribution in [0.25, 0.3) is 10.9 Å². The molecule has 1 N–H and O–H groups in total. The van der Waals surface area contributed by atoms with Gasteiger partial charge in [-0.2, -0.15) is 0 Å². The molecule has 2 rings (SSSR count). The zero-order valence-electron chi connectivity index (χ0n) is 10.4. The molecule has 0 unspecified atom stereocenters. The third-order valence-corrected chi connectivity index (χ3v) is 2.61. The molecular weight excluding hydrogens is 224 g/mol. The summed E-state index contributed by atoms with van der Waals surface area (Å²) in [5, 5.41) is 3.92. The molecule has 0 bridgehead atoms. The van der Waals surface area contributed by atoms with Gasteiger partial charge in [0.25, 0.3) is 0 Å². The first-order chi connectivity index (χ1) is 8.81. The largest absolute Gasteiger partial charge is 0.324 e. The monoisotopic (exact) mass is 240 g/mol. The van der Waals surface area contributed by atoms with Crippen LogP contribution in [0.1, 0.15) is 19.8 Å². The minimum absolute atomic E-state index is 0.0159. The van der Waals surface area contributed by atoms with Crippen molar-refractivity contribution in [1.29, 1.82) is 0 Å². The number of allylic oxidation sites excluding steroid dienone is 1. The second kappa shape index (κ2) is 5.96. The number of pyridine rings is 1. The molecule has 3 heteroatoms. The van der Waals surface area contributed by atoms with E-state index in [2.05, 4.69) is 10.3 Å². The Labute approximate surface area is 107 Å². The SMILES string of the molecule is CCC=CCC(=O)Nc1cccc2cccnc12. The Balaban J connectivity index is 2.16. The number of carbonyl (C=O) groups excluding carboxylic acids is 1. The first-order valence-corrected chi connectivity index (χ1v) is 6.10. The molecular formula is C15H16N2O. The Morgan fingerprint density at radius 3 is 2.94 bits per heavy atom. The quantitative estimate of drug-likeness (QED) is 0.831. The van der Waals surface area contributed by atoms with Crippen molar-refractivity contribution < 1.29 is 4.79 Å². The summed E-state index contributed by atoms with van der Waals surface area (Å²) in [5.74, 6) is -0.0159. The van der Waals surface area contributed by atoms with Gasteiger partial charge in [0.05, 0.1) is 11.2 Å². The van der Waals surface area contributed by atoms with Crippen LogP contribution in [0.2, 0.25) is 0 Å². The van der Waals surface area contributed by atoms with Crippen LogP contribution < -0.4 is 5.32 Å². The summed E-state index contributed by atoms with van der Waals surface area (Å²) in [6, 6.07) is 9.64. The third kappa shape index (κ3) is 2.94. The number of hydrogen-bond acceptors (Lipinski definition) is 2. The van der Waals surface area contributed by atoms with Crippen molar-refractivity contribution in [3.05, 3.63) is 48.7 Å². The van der Waals surface area contributed by atoms with Crippen LogP contribution in [-0.2, 0) is 4.79 Å². The van der Waals surface area contributed by atoms with E-state index in [4.69, 9.17) is 0 Å². The van der Waals surface area contributed by atoms with Crippen molar-refractivity contribution in [2.24, 2.45) is 0 Å². The molecule has 0 fully saturated rings. The standard InChI is InChI=1S/C15H16N2O/c1-2-3-4-10-14(18)17-13-9-5-7-12-8-6-11-16-15(12)13/h3-9,11H,2,10H2,1H3,(H,17,18). The fraction of sp³-hybridized carbons (Fsp3) is 0.200. The zero-order valence-corrected chi connectivity index (χ0v) is 10.4. The summed E-state index contributed by atoms with van der Waals surface area (Å²) in [6.07, 6.45) is 6.95. The van der Waals surface area contributed by atoms with E-state index in [0.717, 1.165) is 23.0 Å². The lowest BCUT2D eigenvalue weighted by molar-refractivity contribution is -0.115. The molecule has 0 aliphatic heterocycles. The van der Waals surface area contributed by atoms with Gasteiger partial charge in [0, 0.05) is 18.0 Å². The summed E-state index contributed by atoms with van der Waals surface area (Å²) in [5.41, 5.74) is 1.59. The Morgan fingerprint density at radius 2 is 2.11 bits per heavy atom. The first-order valence-electron chi connectivity index (χ1n) is 6.10. The summed E-state index contributed by atoms with van der Waals surface area (Å²) in [7, 11) is 0. The van der Waals surface area contributed by atoms with E-state index in [9.17, 15) is 4.79 Å². The smallest absolute Gasteiger partial charge is 0.228 e. The van der Waals surface area contributed by atoms with Crippen molar-refractivity contribution in [3.8, 4) is 0 Å². The van der Waals surface area contributed by atoms with Crippen molar-refractivity contribution in [3.63, 3.8) is 0 Å². The molecule has 1 aromatic carbocycles. The van der Waals surface area contributed by atoms with E-state index >= 15 is 0 Å². The molecule has 0 saturated heterocycles. The van der Waals surface area contributed by atoms with Crippen LogP contribution in [0.3, 0.4) is 0 Å². The highest BCUT2D eigenvalue weighted by molar-refractivity contribution is 6.00. The van der Waals surface area contributed by atoms with Gasteiger partial charge in [-0.25, -0.2) is 0 Å². The van der Waals surface area contributed by atoms with Crippen LogP contribution in [0.15, 0.2) is 48.7 Å². The van der Waals surface area contributed by atoms with Gasteiger partial charge in [-0.15, -0.1) is 0 Å². The topological polar surface area (TPSA) is 42.0 Å². The second-order valence-corrected chi connectivity index (χ2v) is 4.01. The molecule has 1 aromatic heterocycles. The minimum atomic E-state index is -0.0159. The van der Waals surface area contributed by atoms with Gasteiger partial charge < -0.3 is 5.32 Å². The Kier molecular flexibility index (Phi) is 4.07. The lowest BCUT2D eigenvalue weighted by Crippen LogP contribution is -2.10. The molecule has 0 spiro atoms. The lowest BCUT2D eigenvalue weighted by Gasteiger charge is -2.06. The van der Waals surface area contributed by atoms with Crippen molar-refractivity contribution in [1.82, 2.24) is 4.98 Å². The molecule has 18 heavy (non-hydrogen) atoms. The number of hydrogen-bond donors (Lipinski definition) is 1. The van der Waals surface area contributed by atoms with Gasteiger partial charge in [-0.05, 0) is 18.6 Å². The number of para-hydroxylation sites is 1. The predicted molar refractivity (Wildman–Crippen MR) is 74.4 cm³/mol. The fourth-order valence-electron chi connectivity index (χ4n) is 1.76. The number of carbonyl (C=O) groups is 1. The highest BCUT2D eigenvalue weighted by Crippen LogP contribution is 2.20. The Hall–Kier alpha value is -2.16. The van der Waals surface area contributed by atoms with Crippen molar-refractivity contribution in [2.45, 2.75) is 19.8 Å². The van der Waals surface area contributed by atoms with Crippen LogP contribution in [0.5, 0.6) is 0 Å². The molecule has 1 heterocycles. The summed E-state index contributed by atoms with van der Waals surface area (Å²) >= 11 is 0. The normalized spacial score (nSPS) is 10.9. The molecule has 1 amide bonds. The number of nitrogens with one attached hydrogen (secondary N) is 1. The molecule has 2 aromatic rings. The zero-order chi connectivity index (χ0) is 12.8. The number of fused-ring (bicyclic) bond motifs is 1. The molecule has 0 aliphatic rings. The average molecular weight is 240 g/mol. The van der Waals surface area contributed by atoms with Crippen LogP contribution in [0, 0.1) is 0 Å². The number of rotatable bonds is 4. The lowest BCUT2D eigenvalue weighted by atomic mass is 10.2. The number of amides is 1. The van der Waals surface area contributed by atoms with E-state index in [-0.39, 0.29) is 5.91 Å². The molecule has 0 radical (unpaired) electrons. The predicted octanol–water partition coefficient (Wildman–Crippen LogP) is 3.53. The number of aromatic nitrogens is 1. The van der Waals surface area contributed by atoms with Gasteiger partial charge in [-0.3, -0.25) is 9.78 Å². The van der Waals surface area contributed by atoms with E-state index in [0.29, 0.717) is 6.42 Å². The summed E-state index contributed by atoms with van der Waals surface area (Å²) in [4.78, 5) is 16.0.